The van der Waals surface area contributed by atoms with Crippen LogP contribution in [0.3, 0.4) is 0 Å². The fourth-order valence-electron chi connectivity index (χ4n) is 1.77. The van der Waals surface area contributed by atoms with E-state index in [4.69, 9.17) is 11.2 Å². The Morgan fingerprint density at radius 3 is 1.47 bits per heavy atom. The summed E-state index contributed by atoms with van der Waals surface area (Å²) in [5, 5.41) is 0. The number of rotatable bonds is 4. The third-order valence-electron chi connectivity index (χ3n) is 2.52. The van der Waals surface area contributed by atoms with Crippen molar-refractivity contribution in [3.8, 4) is 0 Å². The first-order chi connectivity index (χ1) is 8.16. The molecule has 3 heteroatoms. The van der Waals surface area contributed by atoms with Crippen molar-refractivity contribution in [1.82, 2.24) is 0 Å². The van der Waals surface area contributed by atoms with E-state index in [0.29, 0.717) is 12.3 Å². The third-order valence-corrected chi connectivity index (χ3v) is 4.91. The van der Waals surface area contributed by atoms with Crippen LogP contribution in [-0.4, -0.2) is 0 Å². The van der Waals surface area contributed by atoms with E-state index in [0.717, 1.165) is 11.1 Å². The molecule has 0 atom stereocenters. The molecule has 0 aliphatic heterocycles. The van der Waals surface area contributed by atoms with Crippen LogP contribution in [0, 0.1) is 0 Å². The molecule has 0 N–H and O–H groups in total. The highest BCUT2D eigenvalue weighted by molar-refractivity contribution is 7.87. The monoisotopic (exact) mass is 264 g/mol. The largest absolute Gasteiger partial charge is 0.306 e. The number of benzene rings is 2. The highest BCUT2D eigenvalue weighted by Gasteiger charge is 2.19. The van der Waals surface area contributed by atoms with Crippen LogP contribution in [0.2, 0.25) is 0 Å². The Balaban J connectivity index is 2.07. The molecule has 0 aliphatic carbocycles. The summed E-state index contributed by atoms with van der Waals surface area (Å²) in [6.07, 6.45) is 0.897. The lowest BCUT2D eigenvalue weighted by molar-refractivity contribution is 0.583. The van der Waals surface area contributed by atoms with Crippen LogP contribution in [0.5, 0.6) is 0 Å². The Labute approximate surface area is 107 Å². The maximum Gasteiger partial charge on any atom is 0.177 e. The Kier molecular flexibility index (Phi) is 4.04. The van der Waals surface area contributed by atoms with Crippen LogP contribution < -0.4 is 0 Å². The normalized spacial score (nSPS) is 11.4. The fourth-order valence-corrected chi connectivity index (χ4v) is 4.22. The molecule has 2 aromatic carbocycles. The van der Waals surface area contributed by atoms with Gasteiger partial charge in [-0.05, 0) is 11.1 Å². The Bertz CT molecular complexity index is 465. The topological polar surface area (TPSA) is 17.1 Å². The number of halogens is 1. The molecular formula is C14H14ClOP. The first-order valence-electron chi connectivity index (χ1n) is 5.51. The summed E-state index contributed by atoms with van der Waals surface area (Å²) >= 11 is 6.16. The quantitative estimate of drug-likeness (QED) is 0.718. The summed E-state index contributed by atoms with van der Waals surface area (Å²) in [7, 11) is 0. The molecule has 0 saturated heterocycles. The van der Waals surface area contributed by atoms with Crippen LogP contribution in [0.4, 0.5) is 0 Å². The molecule has 0 unspecified atom stereocenters. The SMILES string of the molecule is O=P(Cl)(Cc1ccccc1)Cc1ccccc1. The van der Waals surface area contributed by atoms with E-state index in [1.165, 1.54) is 0 Å². The zero-order chi connectivity index (χ0) is 12.1. The van der Waals surface area contributed by atoms with Gasteiger partial charge in [0.05, 0.1) is 0 Å². The van der Waals surface area contributed by atoms with Crippen molar-refractivity contribution >= 4 is 17.7 Å². The lowest BCUT2D eigenvalue weighted by atomic mass is 10.2. The molecule has 0 aromatic heterocycles. The molecule has 0 fully saturated rings. The smallest absolute Gasteiger partial charge is 0.177 e. The van der Waals surface area contributed by atoms with Gasteiger partial charge in [-0.25, -0.2) is 0 Å². The van der Waals surface area contributed by atoms with Crippen LogP contribution in [-0.2, 0) is 16.9 Å². The first kappa shape index (κ1) is 12.4. The van der Waals surface area contributed by atoms with Gasteiger partial charge in [0.25, 0.3) is 0 Å². The molecule has 2 rings (SSSR count). The zero-order valence-electron chi connectivity index (χ0n) is 9.42. The van der Waals surface area contributed by atoms with Gasteiger partial charge in [-0.3, -0.25) is 0 Å². The molecule has 0 heterocycles. The predicted molar refractivity (Wildman–Crippen MR) is 73.8 cm³/mol. The summed E-state index contributed by atoms with van der Waals surface area (Å²) in [5.41, 5.74) is 2.06. The molecule has 88 valence electrons. The van der Waals surface area contributed by atoms with Crippen LogP contribution in [0.25, 0.3) is 0 Å². The number of hydrogen-bond acceptors (Lipinski definition) is 1. The summed E-state index contributed by atoms with van der Waals surface area (Å²) in [4.78, 5) is 0. The second-order valence-electron chi connectivity index (χ2n) is 4.08. The molecule has 0 spiro atoms. The van der Waals surface area contributed by atoms with E-state index in [1.54, 1.807) is 0 Å². The van der Waals surface area contributed by atoms with Gasteiger partial charge in [0.2, 0.25) is 0 Å². The molecule has 1 nitrogen and oxygen atoms in total. The van der Waals surface area contributed by atoms with Crippen LogP contribution >= 0.6 is 17.7 Å². The molecule has 0 aliphatic rings. The molecule has 17 heavy (non-hydrogen) atoms. The van der Waals surface area contributed by atoms with Crippen molar-refractivity contribution in [3.05, 3.63) is 71.8 Å². The minimum atomic E-state index is -2.66. The van der Waals surface area contributed by atoms with Gasteiger partial charge in [0.15, 0.2) is 6.49 Å². The maximum absolute atomic E-state index is 12.3. The van der Waals surface area contributed by atoms with Crippen LogP contribution in [0.15, 0.2) is 60.7 Å². The summed E-state index contributed by atoms with van der Waals surface area (Å²) in [6, 6.07) is 19.5. The zero-order valence-corrected chi connectivity index (χ0v) is 11.1. The molecule has 0 saturated carbocycles. The molecule has 2 aromatic rings. The highest BCUT2D eigenvalue weighted by atomic mass is 35.7. The average molecular weight is 265 g/mol. The lowest BCUT2D eigenvalue weighted by Crippen LogP contribution is -1.88. The van der Waals surface area contributed by atoms with Gasteiger partial charge in [0, 0.05) is 12.3 Å². The van der Waals surface area contributed by atoms with Gasteiger partial charge in [0.1, 0.15) is 0 Å². The van der Waals surface area contributed by atoms with Gasteiger partial charge < -0.3 is 4.57 Å². The molecule has 0 bridgehead atoms. The molecular weight excluding hydrogens is 251 g/mol. The van der Waals surface area contributed by atoms with E-state index in [-0.39, 0.29) is 0 Å². The molecule has 0 radical (unpaired) electrons. The Morgan fingerprint density at radius 1 is 0.765 bits per heavy atom. The standard InChI is InChI=1S/C14H14ClOP/c15-17(16,11-13-7-3-1-4-8-13)12-14-9-5-2-6-10-14/h1-10H,11-12H2. The Morgan fingerprint density at radius 2 is 1.12 bits per heavy atom. The predicted octanol–water partition coefficient (Wildman–Crippen LogP) is 4.90. The van der Waals surface area contributed by atoms with Crippen LogP contribution in [0.1, 0.15) is 11.1 Å². The van der Waals surface area contributed by atoms with Gasteiger partial charge in [-0.1, -0.05) is 71.9 Å². The second-order valence-corrected chi connectivity index (χ2v) is 8.14. The van der Waals surface area contributed by atoms with E-state index in [1.807, 2.05) is 60.7 Å². The van der Waals surface area contributed by atoms with Crippen molar-refractivity contribution < 1.29 is 4.57 Å². The van der Waals surface area contributed by atoms with E-state index >= 15 is 0 Å². The minimum Gasteiger partial charge on any atom is -0.306 e. The van der Waals surface area contributed by atoms with Gasteiger partial charge in [-0.2, -0.15) is 0 Å². The van der Waals surface area contributed by atoms with Gasteiger partial charge >= 0.3 is 0 Å². The summed E-state index contributed by atoms with van der Waals surface area (Å²) < 4.78 is 12.3. The van der Waals surface area contributed by atoms with Crippen molar-refractivity contribution in [2.75, 3.05) is 0 Å². The highest BCUT2D eigenvalue weighted by Crippen LogP contribution is 2.56. The van der Waals surface area contributed by atoms with Crippen molar-refractivity contribution in [1.29, 1.82) is 0 Å². The van der Waals surface area contributed by atoms with Crippen molar-refractivity contribution in [3.63, 3.8) is 0 Å². The molecule has 0 amide bonds. The summed E-state index contributed by atoms with van der Waals surface area (Å²) in [5.74, 6) is 0. The lowest BCUT2D eigenvalue weighted by Gasteiger charge is -2.10. The van der Waals surface area contributed by atoms with E-state index in [2.05, 4.69) is 0 Å². The first-order valence-corrected chi connectivity index (χ1v) is 8.49. The third kappa shape index (κ3) is 4.03. The van der Waals surface area contributed by atoms with Crippen molar-refractivity contribution in [2.45, 2.75) is 12.3 Å². The van der Waals surface area contributed by atoms with E-state index in [9.17, 15) is 4.57 Å². The number of hydrogen-bond donors (Lipinski definition) is 0. The fraction of sp³-hybridized carbons (Fsp3) is 0.143. The van der Waals surface area contributed by atoms with Crippen molar-refractivity contribution in [2.24, 2.45) is 0 Å². The van der Waals surface area contributed by atoms with E-state index < -0.39 is 6.49 Å². The minimum absolute atomic E-state index is 0.449. The maximum atomic E-state index is 12.3. The van der Waals surface area contributed by atoms with Gasteiger partial charge in [-0.15, -0.1) is 0 Å². The second kappa shape index (κ2) is 5.53. The Hall–Kier alpha value is -1.04. The average Bonchev–Trinajstić information content (AvgIpc) is 2.30. The summed E-state index contributed by atoms with van der Waals surface area (Å²) in [6.45, 7) is -2.66.